The summed E-state index contributed by atoms with van der Waals surface area (Å²) in [5, 5.41) is 9.61. The maximum Gasteiger partial charge on any atom is 0.241 e. The third-order valence-corrected chi connectivity index (χ3v) is 7.05. The SMILES string of the molecule is COc1cccc([C@@]2(CC(=O)N(CCO)Cc3ccccc3)CC(=O)N(C3CCCC3)C2=O)c1. The summed E-state index contributed by atoms with van der Waals surface area (Å²) in [5.74, 6) is -0.213. The lowest BCUT2D eigenvalue weighted by molar-refractivity contribution is -0.145. The number of methoxy groups -OCH3 is 1. The lowest BCUT2D eigenvalue weighted by atomic mass is 9.75. The summed E-state index contributed by atoms with van der Waals surface area (Å²) in [6, 6.07) is 16.6. The molecule has 1 aliphatic heterocycles. The zero-order chi connectivity index (χ0) is 24.1. The highest BCUT2D eigenvalue weighted by Gasteiger charge is 2.56. The summed E-state index contributed by atoms with van der Waals surface area (Å²) < 4.78 is 5.38. The Kier molecular flexibility index (Phi) is 7.32. The Labute approximate surface area is 200 Å². The number of ether oxygens (including phenoxy) is 1. The molecule has 1 aliphatic carbocycles. The molecule has 7 heteroatoms. The van der Waals surface area contributed by atoms with Gasteiger partial charge in [-0.05, 0) is 36.1 Å². The molecule has 2 aromatic rings. The van der Waals surface area contributed by atoms with Crippen LogP contribution in [0.15, 0.2) is 54.6 Å². The van der Waals surface area contributed by atoms with Gasteiger partial charge in [-0.1, -0.05) is 55.3 Å². The summed E-state index contributed by atoms with van der Waals surface area (Å²) in [6.07, 6.45) is 3.43. The van der Waals surface area contributed by atoms with Gasteiger partial charge in [-0.25, -0.2) is 0 Å². The number of aliphatic hydroxyl groups excluding tert-OH is 1. The zero-order valence-electron chi connectivity index (χ0n) is 19.6. The quantitative estimate of drug-likeness (QED) is 0.577. The van der Waals surface area contributed by atoms with E-state index >= 15 is 0 Å². The second-order valence-electron chi connectivity index (χ2n) is 9.20. The number of rotatable bonds is 9. The highest BCUT2D eigenvalue weighted by Crippen LogP contribution is 2.44. The first-order chi connectivity index (χ1) is 16.5. The van der Waals surface area contributed by atoms with Gasteiger partial charge in [0.15, 0.2) is 0 Å². The molecular weight excluding hydrogens is 432 g/mol. The molecule has 0 aromatic heterocycles. The molecule has 2 aliphatic rings. The number of benzene rings is 2. The average Bonchev–Trinajstić information content (AvgIpc) is 3.46. The van der Waals surface area contributed by atoms with Crippen LogP contribution < -0.4 is 4.74 Å². The Morgan fingerprint density at radius 1 is 1.12 bits per heavy atom. The monoisotopic (exact) mass is 464 g/mol. The highest BCUT2D eigenvalue weighted by atomic mass is 16.5. The molecule has 1 saturated heterocycles. The van der Waals surface area contributed by atoms with Crippen LogP contribution in [0.4, 0.5) is 0 Å². The fourth-order valence-electron chi connectivity index (χ4n) is 5.27. The van der Waals surface area contributed by atoms with E-state index in [-0.39, 0.29) is 49.8 Å². The van der Waals surface area contributed by atoms with Crippen LogP contribution in [0.1, 0.15) is 49.7 Å². The number of amides is 3. The van der Waals surface area contributed by atoms with Crippen LogP contribution in [0, 0.1) is 0 Å². The molecular formula is C27H32N2O5. The molecule has 34 heavy (non-hydrogen) atoms. The van der Waals surface area contributed by atoms with Crippen LogP contribution in [0.3, 0.4) is 0 Å². The van der Waals surface area contributed by atoms with Crippen molar-refractivity contribution < 1.29 is 24.2 Å². The molecule has 1 atom stereocenters. The van der Waals surface area contributed by atoms with Gasteiger partial charge in [-0.3, -0.25) is 19.3 Å². The second kappa shape index (κ2) is 10.4. The molecule has 7 nitrogen and oxygen atoms in total. The van der Waals surface area contributed by atoms with Crippen molar-refractivity contribution in [3.63, 3.8) is 0 Å². The van der Waals surface area contributed by atoms with Crippen LogP contribution >= 0.6 is 0 Å². The average molecular weight is 465 g/mol. The van der Waals surface area contributed by atoms with Gasteiger partial charge < -0.3 is 14.7 Å². The molecule has 4 rings (SSSR count). The number of carbonyl (C=O) groups is 3. The van der Waals surface area contributed by atoms with Crippen molar-refractivity contribution in [3.8, 4) is 5.75 Å². The summed E-state index contributed by atoms with van der Waals surface area (Å²) >= 11 is 0. The van der Waals surface area contributed by atoms with Gasteiger partial charge in [-0.2, -0.15) is 0 Å². The minimum absolute atomic E-state index is 0.0421. The van der Waals surface area contributed by atoms with Crippen LogP contribution in [0.25, 0.3) is 0 Å². The molecule has 1 N–H and O–H groups in total. The third kappa shape index (κ3) is 4.71. The first kappa shape index (κ1) is 24.0. The van der Waals surface area contributed by atoms with Crippen LogP contribution in [0.5, 0.6) is 5.75 Å². The van der Waals surface area contributed by atoms with Crippen molar-refractivity contribution >= 4 is 17.7 Å². The van der Waals surface area contributed by atoms with E-state index in [1.54, 1.807) is 36.3 Å². The van der Waals surface area contributed by atoms with Gasteiger partial charge in [0.1, 0.15) is 5.75 Å². The highest BCUT2D eigenvalue weighted by molar-refractivity contribution is 6.11. The van der Waals surface area contributed by atoms with Gasteiger partial charge in [0.25, 0.3) is 0 Å². The van der Waals surface area contributed by atoms with E-state index < -0.39 is 5.41 Å². The van der Waals surface area contributed by atoms with E-state index in [9.17, 15) is 19.5 Å². The van der Waals surface area contributed by atoms with Gasteiger partial charge in [0.05, 0.1) is 19.1 Å². The van der Waals surface area contributed by atoms with E-state index in [4.69, 9.17) is 4.74 Å². The van der Waals surface area contributed by atoms with Crippen LogP contribution in [-0.4, -0.2) is 58.9 Å². The maximum absolute atomic E-state index is 13.9. The predicted octanol–water partition coefficient (Wildman–Crippen LogP) is 3.05. The molecule has 2 fully saturated rings. The number of imide groups is 1. The number of aliphatic hydroxyl groups is 1. The zero-order valence-corrected chi connectivity index (χ0v) is 19.6. The Balaban J connectivity index is 1.68. The topological polar surface area (TPSA) is 87.2 Å². The van der Waals surface area contributed by atoms with E-state index in [1.165, 1.54) is 4.90 Å². The third-order valence-electron chi connectivity index (χ3n) is 7.05. The molecule has 0 radical (unpaired) electrons. The summed E-state index contributed by atoms with van der Waals surface area (Å²) in [6.45, 7) is 0.283. The Morgan fingerprint density at radius 3 is 2.53 bits per heavy atom. The Bertz CT molecular complexity index is 1030. The van der Waals surface area contributed by atoms with Gasteiger partial charge >= 0.3 is 0 Å². The van der Waals surface area contributed by atoms with Crippen LogP contribution in [-0.2, 0) is 26.3 Å². The van der Waals surface area contributed by atoms with Crippen molar-refractivity contribution in [2.75, 3.05) is 20.3 Å². The number of carbonyl (C=O) groups excluding carboxylic acids is 3. The van der Waals surface area contributed by atoms with Gasteiger partial charge in [-0.15, -0.1) is 0 Å². The number of nitrogens with zero attached hydrogens (tertiary/aromatic N) is 2. The second-order valence-corrected chi connectivity index (χ2v) is 9.20. The molecule has 2 aromatic carbocycles. The van der Waals surface area contributed by atoms with Gasteiger partial charge in [0.2, 0.25) is 17.7 Å². The minimum atomic E-state index is -1.28. The van der Waals surface area contributed by atoms with Crippen molar-refractivity contribution in [2.45, 2.75) is 56.5 Å². The van der Waals surface area contributed by atoms with E-state index in [0.29, 0.717) is 17.9 Å². The number of hydrogen-bond acceptors (Lipinski definition) is 5. The fourth-order valence-corrected chi connectivity index (χ4v) is 5.27. The smallest absolute Gasteiger partial charge is 0.241 e. The summed E-state index contributed by atoms with van der Waals surface area (Å²) in [5.41, 5.74) is 0.263. The molecule has 0 spiro atoms. The minimum Gasteiger partial charge on any atom is -0.497 e. The first-order valence-corrected chi connectivity index (χ1v) is 11.9. The van der Waals surface area contributed by atoms with Crippen molar-refractivity contribution in [3.05, 3.63) is 65.7 Å². The maximum atomic E-state index is 13.9. The number of hydrogen-bond donors (Lipinski definition) is 1. The molecule has 3 amide bonds. The normalized spacial score (nSPS) is 20.7. The lowest BCUT2D eigenvalue weighted by Gasteiger charge is -2.31. The summed E-state index contributed by atoms with van der Waals surface area (Å²) in [4.78, 5) is 43.7. The summed E-state index contributed by atoms with van der Waals surface area (Å²) in [7, 11) is 1.55. The standard InChI is InChI=1S/C27H32N2O5/c1-34-23-13-7-10-21(16-23)27(18-25(32)29(26(27)33)22-11-5-6-12-22)17-24(31)28(14-15-30)19-20-8-3-2-4-9-20/h2-4,7-10,13,16,22,30H,5-6,11-12,14-15,17-19H2,1H3/t27-/m1/s1. The van der Waals surface area contributed by atoms with Gasteiger partial charge in [0, 0.05) is 32.0 Å². The van der Waals surface area contributed by atoms with Crippen molar-refractivity contribution in [1.82, 2.24) is 9.80 Å². The van der Waals surface area contributed by atoms with E-state index in [1.807, 2.05) is 30.3 Å². The molecule has 0 unspecified atom stereocenters. The Hall–Kier alpha value is -3.19. The molecule has 1 saturated carbocycles. The fraction of sp³-hybridized carbons (Fsp3) is 0.444. The van der Waals surface area contributed by atoms with Crippen molar-refractivity contribution in [1.29, 1.82) is 0 Å². The van der Waals surface area contributed by atoms with E-state index in [2.05, 4.69) is 0 Å². The molecule has 1 heterocycles. The Morgan fingerprint density at radius 2 is 1.85 bits per heavy atom. The van der Waals surface area contributed by atoms with Crippen LogP contribution in [0.2, 0.25) is 0 Å². The number of likely N-dealkylation sites (tertiary alicyclic amines) is 1. The first-order valence-electron chi connectivity index (χ1n) is 11.9. The lowest BCUT2D eigenvalue weighted by Crippen LogP contribution is -2.46. The van der Waals surface area contributed by atoms with Crippen molar-refractivity contribution in [2.24, 2.45) is 0 Å². The van der Waals surface area contributed by atoms with E-state index in [0.717, 1.165) is 31.2 Å². The molecule has 180 valence electrons. The molecule has 0 bridgehead atoms. The largest absolute Gasteiger partial charge is 0.497 e. The predicted molar refractivity (Wildman–Crippen MR) is 127 cm³/mol.